The van der Waals surface area contributed by atoms with Gasteiger partial charge in [-0.1, -0.05) is 49.6 Å². The molecule has 1 aromatic carbocycles. The summed E-state index contributed by atoms with van der Waals surface area (Å²) in [7, 11) is 2.61. The van der Waals surface area contributed by atoms with E-state index in [0.29, 0.717) is 12.1 Å². The Bertz CT molecular complexity index is 643. The first-order valence-electron chi connectivity index (χ1n) is 8.41. The van der Waals surface area contributed by atoms with Crippen LogP contribution in [0.5, 0.6) is 0 Å². The molecule has 0 bridgehead atoms. The highest BCUT2D eigenvalue weighted by Crippen LogP contribution is 2.50. The molecule has 3 rings (SSSR count). The Hall–Kier alpha value is -2.17. The molecular formula is C19H23NO4. The number of carbonyl (C=O) groups excluding carboxylic acids is 2. The minimum absolute atomic E-state index is 0.337. The molecule has 5 nitrogen and oxygen atoms in total. The quantitative estimate of drug-likeness (QED) is 0.632. The average molecular weight is 329 g/mol. The van der Waals surface area contributed by atoms with Crippen molar-refractivity contribution in [2.45, 2.75) is 44.1 Å². The molecule has 0 unspecified atom stereocenters. The van der Waals surface area contributed by atoms with Crippen LogP contribution in [0.15, 0.2) is 35.3 Å². The molecule has 1 spiro atoms. The Balaban J connectivity index is 2.17. The third-order valence-corrected chi connectivity index (χ3v) is 5.25. The van der Waals surface area contributed by atoms with Gasteiger partial charge in [0.15, 0.2) is 0 Å². The second-order valence-electron chi connectivity index (χ2n) is 6.68. The SMILES string of the molecule is COC(=O)C1(C(=O)OC)CC2(CCCCC2)N=C1c1ccccc1. The highest BCUT2D eigenvalue weighted by molar-refractivity contribution is 6.28. The third-order valence-electron chi connectivity index (χ3n) is 5.25. The van der Waals surface area contributed by atoms with Crippen LogP contribution in [0.25, 0.3) is 0 Å². The number of hydrogen-bond acceptors (Lipinski definition) is 5. The van der Waals surface area contributed by atoms with Crippen molar-refractivity contribution in [3.8, 4) is 0 Å². The van der Waals surface area contributed by atoms with E-state index in [4.69, 9.17) is 14.5 Å². The highest BCUT2D eigenvalue weighted by Gasteiger charge is 2.62. The summed E-state index contributed by atoms with van der Waals surface area (Å²) in [5.41, 5.74) is -0.576. The number of esters is 2. The highest BCUT2D eigenvalue weighted by atomic mass is 16.5. The molecule has 0 aromatic heterocycles. The van der Waals surface area contributed by atoms with Gasteiger partial charge in [-0.15, -0.1) is 0 Å². The predicted octanol–water partition coefficient (Wildman–Crippen LogP) is 2.91. The third kappa shape index (κ3) is 2.52. The Morgan fingerprint density at radius 2 is 1.54 bits per heavy atom. The smallest absolute Gasteiger partial charge is 0.329 e. The summed E-state index contributed by atoms with van der Waals surface area (Å²) in [6, 6.07) is 9.40. The second-order valence-corrected chi connectivity index (χ2v) is 6.68. The van der Waals surface area contributed by atoms with E-state index in [0.717, 1.165) is 31.2 Å². The molecule has 0 radical (unpaired) electrons. The van der Waals surface area contributed by atoms with Gasteiger partial charge in [0.05, 0.1) is 25.5 Å². The zero-order valence-corrected chi connectivity index (χ0v) is 14.2. The maximum atomic E-state index is 12.7. The van der Waals surface area contributed by atoms with Crippen molar-refractivity contribution in [2.24, 2.45) is 10.4 Å². The van der Waals surface area contributed by atoms with Gasteiger partial charge in [0.2, 0.25) is 5.41 Å². The topological polar surface area (TPSA) is 65.0 Å². The molecule has 1 saturated carbocycles. The lowest BCUT2D eigenvalue weighted by atomic mass is 9.70. The zero-order chi connectivity index (χ0) is 17.2. The van der Waals surface area contributed by atoms with Gasteiger partial charge in [-0.25, -0.2) is 0 Å². The summed E-state index contributed by atoms with van der Waals surface area (Å²) in [4.78, 5) is 30.4. The summed E-state index contributed by atoms with van der Waals surface area (Å²) in [5, 5.41) is 0. The molecule has 1 heterocycles. The van der Waals surface area contributed by atoms with Gasteiger partial charge >= 0.3 is 11.9 Å². The standard InChI is InChI=1S/C19H23NO4/c1-23-16(21)19(17(22)24-2)13-18(11-7-4-8-12-18)20-15(19)14-9-5-3-6-10-14/h3,5-6,9-10H,4,7-8,11-13H2,1-2H3. The van der Waals surface area contributed by atoms with Crippen molar-refractivity contribution >= 4 is 17.7 Å². The van der Waals surface area contributed by atoms with E-state index in [2.05, 4.69) is 0 Å². The Labute approximate surface area is 142 Å². The number of rotatable bonds is 3. The van der Waals surface area contributed by atoms with Gasteiger partial charge in [-0.05, 0) is 18.4 Å². The number of carbonyl (C=O) groups is 2. The van der Waals surface area contributed by atoms with Crippen molar-refractivity contribution in [1.82, 2.24) is 0 Å². The number of nitrogens with zero attached hydrogens (tertiary/aromatic N) is 1. The van der Waals surface area contributed by atoms with Gasteiger partial charge in [0.1, 0.15) is 0 Å². The average Bonchev–Trinajstić information content (AvgIpc) is 2.97. The van der Waals surface area contributed by atoms with E-state index in [1.807, 2.05) is 30.3 Å². The number of hydrogen-bond donors (Lipinski definition) is 0. The molecule has 128 valence electrons. The van der Waals surface area contributed by atoms with Crippen molar-refractivity contribution in [3.05, 3.63) is 35.9 Å². The molecule has 1 aliphatic heterocycles. The van der Waals surface area contributed by atoms with Gasteiger partial charge in [0, 0.05) is 6.42 Å². The van der Waals surface area contributed by atoms with E-state index in [-0.39, 0.29) is 5.54 Å². The first-order valence-corrected chi connectivity index (χ1v) is 8.41. The summed E-state index contributed by atoms with van der Waals surface area (Å²) < 4.78 is 10.1. The van der Waals surface area contributed by atoms with Crippen molar-refractivity contribution < 1.29 is 19.1 Å². The molecule has 1 fully saturated rings. The monoisotopic (exact) mass is 329 g/mol. The van der Waals surface area contributed by atoms with Crippen molar-refractivity contribution in [2.75, 3.05) is 14.2 Å². The molecule has 24 heavy (non-hydrogen) atoms. The van der Waals surface area contributed by atoms with Gasteiger partial charge in [-0.3, -0.25) is 14.6 Å². The lowest BCUT2D eigenvalue weighted by molar-refractivity contribution is -0.164. The zero-order valence-electron chi connectivity index (χ0n) is 14.2. The molecule has 5 heteroatoms. The second kappa shape index (κ2) is 6.38. The van der Waals surface area contributed by atoms with E-state index >= 15 is 0 Å². The molecule has 0 N–H and O–H groups in total. The van der Waals surface area contributed by atoms with Gasteiger partial charge < -0.3 is 9.47 Å². The lowest BCUT2D eigenvalue weighted by Crippen LogP contribution is -2.48. The molecular weight excluding hydrogens is 306 g/mol. The summed E-state index contributed by atoms with van der Waals surface area (Å²) >= 11 is 0. The molecule has 2 aliphatic rings. The van der Waals surface area contributed by atoms with Crippen molar-refractivity contribution in [3.63, 3.8) is 0 Å². The van der Waals surface area contributed by atoms with Crippen LogP contribution in [0, 0.1) is 5.41 Å². The first kappa shape index (κ1) is 16.7. The van der Waals surface area contributed by atoms with Crippen LogP contribution < -0.4 is 0 Å². The normalized spacial score (nSPS) is 21.2. The summed E-state index contributed by atoms with van der Waals surface area (Å²) in [5.74, 6) is -1.17. The Morgan fingerprint density at radius 1 is 0.958 bits per heavy atom. The van der Waals surface area contributed by atoms with Crippen LogP contribution in [0.2, 0.25) is 0 Å². The van der Waals surface area contributed by atoms with E-state index in [9.17, 15) is 9.59 Å². The summed E-state index contributed by atoms with van der Waals surface area (Å²) in [6.45, 7) is 0. The predicted molar refractivity (Wildman–Crippen MR) is 89.9 cm³/mol. The Morgan fingerprint density at radius 3 is 2.08 bits per heavy atom. The van der Waals surface area contributed by atoms with Crippen LogP contribution in [0.3, 0.4) is 0 Å². The van der Waals surface area contributed by atoms with Crippen LogP contribution in [0.1, 0.15) is 44.1 Å². The van der Waals surface area contributed by atoms with Gasteiger partial charge in [0.25, 0.3) is 0 Å². The van der Waals surface area contributed by atoms with Crippen LogP contribution in [0.4, 0.5) is 0 Å². The molecule has 0 saturated heterocycles. The Kier molecular flexibility index (Phi) is 4.43. The van der Waals surface area contributed by atoms with E-state index < -0.39 is 17.4 Å². The number of methoxy groups -OCH3 is 2. The number of ether oxygens (including phenoxy) is 2. The van der Waals surface area contributed by atoms with E-state index in [1.54, 1.807) is 0 Å². The number of benzene rings is 1. The maximum absolute atomic E-state index is 12.7. The molecule has 0 atom stereocenters. The van der Waals surface area contributed by atoms with Crippen LogP contribution in [-0.2, 0) is 19.1 Å². The molecule has 0 amide bonds. The fourth-order valence-electron chi connectivity index (χ4n) is 4.12. The molecule has 1 aromatic rings. The largest absolute Gasteiger partial charge is 0.468 e. The first-order chi connectivity index (χ1) is 11.6. The minimum Gasteiger partial charge on any atom is -0.468 e. The van der Waals surface area contributed by atoms with Crippen molar-refractivity contribution in [1.29, 1.82) is 0 Å². The minimum atomic E-state index is -1.47. The molecule has 1 aliphatic carbocycles. The number of aliphatic imine (C=N–C) groups is 1. The maximum Gasteiger partial charge on any atom is 0.329 e. The lowest BCUT2D eigenvalue weighted by Gasteiger charge is -2.33. The van der Waals surface area contributed by atoms with Gasteiger partial charge in [-0.2, -0.15) is 0 Å². The van der Waals surface area contributed by atoms with E-state index in [1.165, 1.54) is 20.6 Å². The fraction of sp³-hybridized carbons (Fsp3) is 0.526. The fourth-order valence-corrected chi connectivity index (χ4v) is 4.12. The summed E-state index contributed by atoms with van der Waals surface area (Å²) in [6.07, 6.45) is 5.40. The van der Waals surface area contributed by atoms with Crippen LogP contribution >= 0.6 is 0 Å². The van der Waals surface area contributed by atoms with Crippen LogP contribution in [-0.4, -0.2) is 37.4 Å².